The maximum atomic E-state index is 9.21. The summed E-state index contributed by atoms with van der Waals surface area (Å²) in [5.74, 6) is 0.759. The maximum Gasteiger partial charge on any atom is 0.217 e. The second-order valence-electron chi connectivity index (χ2n) is 5.97. The van der Waals surface area contributed by atoms with E-state index >= 15 is 0 Å². The fraction of sp³-hybridized carbons (Fsp3) is 0.182. The molecule has 1 unspecified atom stereocenters. The molecular weight excluding hydrogens is 324 g/mol. The van der Waals surface area contributed by atoms with E-state index < -0.39 is 0 Å². The van der Waals surface area contributed by atoms with Crippen LogP contribution in [0.2, 0.25) is 0 Å². The van der Waals surface area contributed by atoms with Crippen LogP contribution in [0.25, 0.3) is 0 Å². The van der Waals surface area contributed by atoms with E-state index in [0.29, 0.717) is 30.5 Å². The molecule has 4 nitrogen and oxygen atoms in total. The van der Waals surface area contributed by atoms with Gasteiger partial charge in [-0.05, 0) is 18.1 Å². The first-order chi connectivity index (χ1) is 12.7. The third kappa shape index (κ3) is 4.84. The lowest BCUT2D eigenvalue weighted by Gasteiger charge is -2.12. The van der Waals surface area contributed by atoms with Crippen LogP contribution in [0.4, 0.5) is 0 Å². The molecule has 2 aromatic carbocycles. The zero-order valence-electron chi connectivity index (χ0n) is 14.6. The standard InChI is InChI=1S/C22H20N2O2/c1-17(14-23)21-12-20(25-15-18-8-4-2-5-9-18)13-22(24-21)26-16-19-10-6-3-7-11-19/h2-13,17H,15-16H2,1H3. The SMILES string of the molecule is CC(C#N)c1cc(OCc2ccccc2)cc(OCc2ccccc2)n1. The summed E-state index contributed by atoms with van der Waals surface area (Å²) < 4.78 is 11.7. The van der Waals surface area contributed by atoms with E-state index in [-0.39, 0.29) is 5.92 Å². The van der Waals surface area contributed by atoms with E-state index in [1.54, 1.807) is 12.1 Å². The molecule has 0 bridgehead atoms. The Morgan fingerprint density at radius 2 is 1.46 bits per heavy atom. The number of pyridine rings is 1. The van der Waals surface area contributed by atoms with Crippen molar-refractivity contribution in [2.45, 2.75) is 26.1 Å². The number of hydrogen-bond acceptors (Lipinski definition) is 4. The third-order valence-corrected chi connectivity index (χ3v) is 3.91. The summed E-state index contributed by atoms with van der Waals surface area (Å²) in [6, 6.07) is 25.6. The van der Waals surface area contributed by atoms with Crippen LogP contribution in [0, 0.1) is 11.3 Å². The maximum absolute atomic E-state index is 9.21. The summed E-state index contributed by atoms with van der Waals surface area (Å²) in [5, 5.41) is 9.21. The number of rotatable bonds is 7. The Kier molecular flexibility index (Phi) is 5.84. The number of ether oxygens (including phenoxy) is 2. The van der Waals surface area contributed by atoms with Gasteiger partial charge < -0.3 is 9.47 Å². The van der Waals surface area contributed by atoms with E-state index in [1.807, 2.05) is 67.6 Å². The van der Waals surface area contributed by atoms with E-state index in [9.17, 15) is 5.26 Å². The Balaban J connectivity index is 1.76. The minimum atomic E-state index is -0.339. The van der Waals surface area contributed by atoms with Crippen molar-refractivity contribution in [1.29, 1.82) is 5.26 Å². The molecule has 1 aromatic heterocycles. The van der Waals surface area contributed by atoms with Crippen LogP contribution < -0.4 is 9.47 Å². The van der Waals surface area contributed by atoms with Gasteiger partial charge in [0, 0.05) is 12.1 Å². The lowest BCUT2D eigenvalue weighted by molar-refractivity contribution is 0.280. The topological polar surface area (TPSA) is 55.1 Å². The Hall–Kier alpha value is -3.32. The minimum absolute atomic E-state index is 0.339. The van der Waals surface area contributed by atoms with Crippen molar-refractivity contribution in [3.8, 4) is 17.7 Å². The van der Waals surface area contributed by atoms with Crippen LogP contribution in [-0.4, -0.2) is 4.98 Å². The first-order valence-electron chi connectivity index (χ1n) is 8.49. The highest BCUT2D eigenvalue weighted by atomic mass is 16.5. The largest absolute Gasteiger partial charge is 0.489 e. The molecule has 26 heavy (non-hydrogen) atoms. The van der Waals surface area contributed by atoms with Crippen LogP contribution in [0.1, 0.15) is 29.7 Å². The first-order valence-corrected chi connectivity index (χ1v) is 8.49. The molecule has 0 aliphatic heterocycles. The highest BCUT2D eigenvalue weighted by Crippen LogP contribution is 2.25. The summed E-state index contributed by atoms with van der Waals surface area (Å²) in [5.41, 5.74) is 2.77. The lowest BCUT2D eigenvalue weighted by atomic mass is 10.1. The molecule has 0 radical (unpaired) electrons. The van der Waals surface area contributed by atoms with Gasteiger partial charge in [-0.3, -0.25) is 0 Å². The quantitative estimate of drug-likeness (QED) is 0.614. The van der Waals surface area contributed by atoms with Gasteiger partial charge in [0.05, 0.1) is 17.7 Å². The number of benzene rings is 2. The summed E-state index contributed by atoms with van der Waals surface area (Å²) >= 11 is 0. The van der Waals surface area contributed by atoms with Crippen LogP contribution in [0.5, 0.6) is 11.6 Å². The summed E-state index contributed by atoms with van der Waals surface area (Å²) in [7, 11) is 0. The second-order valence-corrected chi connectivity index (χ2v) is 5.97. The number of aromatic nitrogens is 1. The molecular formula is C22H20N2O2. The van der Waals surface area contributed by atoms with Gasteiger partial charge >= 0.3 is 0 Å². The van der Waals surface area contributed by atoms with E-state index in [2.05, 4.69) is 11.1 Å². The Morgan fingerprint density at radius 3 is 2.04 bits per heavy atom. The monoisotopic (exact) mass is 344 g/mol. The molecule has 3 rings (SSSR count). The van der Waals surface area contributed by atoms with Gasteiger partial charge in [0.2, 0.25) is 5.88 Å². The van der Waals surface area contributed by atoms with Gasteiger partial charge in [0.15, 0.2) is 0 Å². The van der Waals surface area contributed by atoms with Crippen LogP contribution in [-0.2, 0) is 13.2 Å². The second kappa shape index (κ2) is 8.68. The van der Waals surface area contributed by atoms with Crippen LogP contribution >= 0.6 is 0 Å². The van der Waals surface area contributed by atoms with Crippen molar-refractivity contribution in [3.05, 3.63) is 89.6 Å². The smallest absolute Gasteiger partial charge is 0.217 e. The van der Waals surface area contributed by atoms with Gasteiger partial charge in [-0.15, -0.1) is 0 Å². The molecule has 0 saturated carbocycles. The van der Waals surface area contributed by atoms with Crippen LogP contribution in [0.15, 0.2) is 72.8 Å². The fourth-order valence-corrected chi connectivity index (χ4v) is 2.42. The molecule has 4 heteroatoms. The van der Waals surface area contributed by atoms with Crippen molar-refractivity contribution in [2.24, 2.45) is 0 Å². The molecule has 3 aromatic rings. The minimum Gasteiger partial charge on any atom is -0.489 e. The fourth-order valence-electron chi connectivity index (χ4n) is 2.42. The molecule has 0 N–H and O–H groups in total. The average Bonchev–Trinajstić information content (AvgIpc) is 2.71. The van der Waals surface area contributed by atoms with Gasteiger partial charge in [0.25, 0.3) is 0 Å². The summed E-state index contributed by atoms with van der Waals surface area (Å²) in [6.07, 6.45) is 0. The molecule has 0 aliphatic rings. The number of nitriles is 1. The summed E-state index contributed by atoms with van der Waals surface area (Å²) in [4.78, 5) is 4.45. The highest BCUT2D eigenvalue weighted by Gasteiger charge is 2.11. The zero-order chi connectivity index (χ0) is 18.2. The normalized spacial score (nSPS) is 11.4. The van der Waals surface area contributed by atoms with E-state index in [0.717, 1.165) is 11.1 Å². The molecule has 130 valence electrons. The molecule has 0 fully saturated rings. The van der Waals surface area contributed by atoms with Gasteiger partial charge in [0.1, 0.15) is 19.0 Å². The van der Waals surface area contributed by atoms with Gasteiger partial charge in [-0.25, -0.2) is 4.98 Å². The third-order valence-electron chi connectivity index (χ3n) is 3.91. The number of nitrogens with zero attached hydrogens (tertiary/aromatic N) is 2. The zero-order valence-corrected chi connectivity index (χ0v) is 14.6. The lowest BCUT2D eigenvalue weighted by Crippen LogP contribution is -2.03. The van der Waals surface area contributed by atoms with Crippen molar-refractivity contribution >= 4 is 0 Å². The molecule has 0 saturated heterocycles. The van der Waals surface area contributed by atoms with Crippen molar-refractivity contribution in [1.82, 2.24) is 4.98 Å². The molecule has 1 atom stereocenters. The molecule has 0 spiro atoms. The highest BCUT2D eigenvalue weighted by molar-refractivity contribution is 5.34. The van der Waals surface area contributed by atoms with Crippen molar-refractivity contribution < 1.29 is 9.47 Å². The van der Waals surface area contributed by atoms with Crippen molar-refractivity contribution in [2.75, 3.05) is 0 Å². The Labute approximate surface area is 153 Å². The van der Waals surface area contributed by atoms with Crippen LogP contribution in [0.3, 0.4) is 0 Å². The number of hydrogen-bond donors (Lipinski definition) is 0. The summed E-state index contributed by atoms with van der Waals surface area (Å²) in [6.45, 7) is 2.67. The Morgan fingerprint density at radius 1 is 0.885 bits per heavy atom. The average molecular weight is 344 g/mol. The predicted octanol–water partition coefficient (Wildman–Crippen LogP) is 4.87. The van der Waals surface area contributed by atoms with Gasteiger partial charge in [-0.1, -0.05) is 60.7 Å². The van der Waals surface area contributed by atoms with E-state index in [1.165, 1.54) is 0 Å². The Bertz CT molecular complexity index is 812. The first kappa shape index (κ1) is 17.5. The predicted molar refractivity (Wildman–Crippen MR) is 99.8 cm³/mol. The van der Waals surface area contributed by atoms with Crippen molar-refractivity contribution in [3.63, 3.8) is 0 Å². The molecule has 1 heterocycles. The van der Waals surface area contributed by atoms with E-state index in [4.69, 9.17) is 9.47 Å². The molecule has 0 aliphatic carbocycles. The van der Waals surface area contributed by atoms with Gasteiger partial charge in [-0.2, -0.15) is 5.26 Å². The molecule has 0 amide bonds.